The summed E-state index contributed by atoms with van der Waals surface area (Å²) in [6.07, 6.45) is 1.11. The van der Waals surface area contributed by atoms with E-state index in [1.807, 2.05) is 12.1 Å². The Kier molecular flexibility index (Phi) is 6.76. The first kappa shape index (κ1) is 15.0. The van der Waals surface area contributed by atoms with Crippen LogP contribution in [0.3, 0.4) is 0 Å². The SMILES string of the molecule is CCCNC(COC)COc1cccc(C)c1C. The smallest absolute Gasteiger partial charge is 0.122 e. The lowest BCUT2D eigenvalue weighted by Gasteiger charge is -2.19. The number of hydrogen-bond donors (Lipinski definition) is 1. The Morgan fingerprint density at radius 1 is 1.22 bits per heavy atom. The van der Waals surface area contributed by atoms with E-state index in [9.17, 15) is 0 Å². The van der Waals surface area contributed by atoms with Crippen molar-refractivity contribution in [1.82, 2.24) is 5.32 Å². The third-order valence-corrected chi connectivity index (χ3v) is 3.05. The Balaban J connectivity index is 2.52. The van der Waals surface area contributed by atoms with Crippen molar-refractivity contribution in [3.63, 3.8) is 0 Å². The molecule has 1 atom stereocenters. The van der Waals surface area contributed by atoms with Crippen LogP contribution < -0.4 is 10.1 Å². The molecule has 1 N–H and O–H groups in total. The topological polar surface area (TPSA) is 30.5 Å². The van der Waals surface area contributed by atoms with Crippen LogP contribution in [0.4, 0.5) is 0 Å². The van der Waals surface area contributed by atoms with Crippen molar-refractivity contribution >= 4 is 0 Å². The number of ether oxygens (including phenoxy) is 2. The fourth-order valence-corrected chi connectivity index (χ4v) is 1.79. The van der Waals surface area contributed by atoms with E-state index >= 15 is 0 Å². The van der Waals surface area contributed by atoms with Gasteiger partial charge in [0.15, 0.2) is 0 Å². The first-order valence-electron chi connectivity index (χ1n) is 6.60. The molecule has 0 aliphatic heterocycles. The number of aryl methyl sites for hydroxylation is 1. The van der Waals surface area contributed by atoms with E-state index in [2.05, 4.69) is 32.2 Å². The van der Waals surface area contributed by atoms with Gasteiger partial charge in [0.25, 0.3) is 0 Å². The van der Waals surface area contributed by atoms with Crippen LogP contribution in [0, 0.1) is 13.8 Å². The quantitative estimate of drug-likeness (QED) is 0.770. The van der Waals surface area contributed by atoms with Crippen molar-refractivity contribution in [2.45, 2.75) is 33.2 Å². The molecule has 1 rings (SSSR count). The highest BCUT2D eigenvalue weighted by Gasteiger charge is 2.09. The molecule has 1 aromatic carbocycles. The van der Waals surface area contributed by atoms with E-state index in [1.54, 1.807) is 7.11 Å². The second-order valence-corrected chi connectivity index (χ2v) is 4.62. The Hall–Kier alpha value is -1.06. The average Bonchev–Trinajstić information content (AvgIpc) is 2.37. The molecule has 0 radical (unpaired) electrons. The molecule has 0 aliphatic carbocycles. The Labute approximate surface area is 110 Å². The lowest BCUT2D eigenvalue weighted by molar-refractivity contribution is 0.136. The maximum Gasteiger partial charge on any atom is 0.122 e. The lowest BCUT2D eigenvalue weighted by Crippen LogP contribution is -2.38. The Morgan fingerprint density at radius 2 is 2.00 bits per heavy atom. The molecule has 0 saturated carbocycles. The van der Waals surface area contributed by atoms with E-state index in [0.717, 1.165) is 18.7 Å². The number of nitrogens with one attached hydrogen (secondary N) is 1. The van der Waals surface area contributed by atoms with Crippen molar-refractivity contribution in [1.29, 1.82) is 0 Å². The zero-order valence-electron chi connectivity index (χ0n) is 12.0. The van der Waals surface area contributed by atoms with Crippen molar-refractivity contribution in [2.75, 3.05) is 26.9 Å². The van der Waals surface area contributed by atoms with Gasteiger partial charge in [-0.3, -0.25) is 0 Å². The summed E-state index contributed by atoms with van der Waals surface area (Å²) in [6, 6.07) is 6.40. The van der Waals surface area contributed by atoms with E-state index in [4.69, 9.17) is 9.47 Å². The molecule has 3 heteroatoms. The summed E-state index contributed by atoms with van der Waals surface area (Å²) in [4.78, 5) is 0. The molecule has 3 nitrogen and oxygen atoms in total. The molecule has 0 aromatic heterocycles. The van der Waals surface area contributed by atoms with Gasteiger partial charge in [0, 0.05) is 7.11 Å². The number of methoxy groups -OCH3 is 1. The lowest BCUT2D eigenvalue weighted by atomic mass is 10.1. The van der Waals surface area contributed by atoms with Crippen LogP contribution in [0.25, 0.3) is 0 Å². The van der Waals surface area contributed by atoms with Crippen molar-refractivity contribution in [3.05, 3.63) is 29.3 Å². The van der Waals surface area contributed by atoms with Gasteiger partial charge in [-0.05, 0) is 44.0 Å². The van der Waals surface area contributed by atoms with Gasteiger partial charge in [0.1, 0.15) is 12.4 Å². The maximum absolute atomic E-state index is 5.89. The molecule has 18 heavy (non-hydrogen) atoms. The highest BCUT2D eigenvalue weighted by molar-refractivity contribution is 5.38. The molecule has 1 aromatic rings. The third kappa shape index (κ3) is 4.67. The predicted molar refractivity (Wildman–Crippen MR) is 75.4 cm³/mol. The van der Waals surface area contributed by atoms with Crippen molar-refractivity contribution < 1.29 is 9.47 Å². The summed E-state index contributed by atoms with van der Waals surface area (Å²) in [5.41, 5.74) is 2.47. The summed E-state index contributed by atoms with van der Waals surface area (Å²) in [5.74, 6) is 0.967. The molecular weight excluding hydrogens is 226 g/mol. The van der Waals surface area contributed by atoms with Gasteiger partial charge >= 0.3 is 0 Å². The van der Waals surface area contributed by atoms with Crippen molar-refractivity contribution in [3.8, 4) is 5.75 Å². The predicted octanol–water partition coefficient (Wildman–Crippen LogP) is 2.70. The van der Waals surface area contributed by atoms with Crippen LogP contribution in [0.1, 0.15) is 24.5 Å². The molecule has 0 saturated heterocycles. The molecule has 102 valence electrons. The second kappa shape index (κ2) is 8.11. The largest absolute Gasteiger partial charge is 0.492 e. The van der Waals surface area contributed by atoms with Gasteiger partial charge in [-0.15, -0.1) is 0 Å². The number of benzene rings is 1. The molecule has 0 aliphatic rings. The minimum Gasteiger partial charge on any atom is -0.492 e. The van der Waals surface area contributed by atoms with Crippen LogP contribution in [-0.2, 0) is 4.74 Å². The molecular formula is C15H25NO2. The van der Waals surface area contributed by atoms with E-state index < -0.39 is 0 Å². The number of hydrogen-bond acceptors (Lipinski definition) is 3. The summed E-state index contributed by atoms with van der Waals surface area (Å²) in [6.45, 7) is 8.65. The first-order valence-corrected chi connectivity index (χ1v) is 6.60. The monoisotopic (exact) mass is 251 g/mol. The minimum atomic E-state index is 0.245. The zero-order chi connectivity index (χ0) is 13.4. The highest BCUT2D eigenvalue weighted by Crippen LogP contribution is 2.20. The summed E-state index contributed by atoms with van der Waals surface area (Å²) < 4.78 is 11.1. The van der Waals surface area contributed by atoms with E-state index in [1.165, 1.54) is 11.1 Å². The summed E-state index contributed by atoms with van der Waals surface area (Å²) >= 11 is 0. The standard InChI is InChI=1S/C15H25NO2/c1-5-9-16-14(10-17-4)11-18-15-8-6-7-12(2)13(15)3/h6-8,14,16H,5,9-11H2,1-4H3. The fraction of sp³-hybridized carbons (Fsp3) is 0.600. The first-order chi connectivity index (χ1) is 8.69. The van der Waals surface area contributed by atoms with Crippen LogP contribution in [0.2, 0.25) is 0 Å². The van der Waals surface area contributed by atoms with Gasteiger partial charge in [-0.25, -0.2) is 0 Å². The maximum atomic E-state index is 5.89. The molecule has 1 unspecified atom stereocenters. The zero-order valence-corrected chi connectivity index (χ0v) is 12.0. The average molecular weight is 251 g/mol. The molecule has 0 spiro atoms. The second-order valence-electron chi connectivity index (χ2n) is 4.62. The van der Waals surface area contributed by atoms with Gasteiger partial charge < -0.3 is 14.8 Å². The van der Waals surface area contributed by atoms with Crippen LogP contribution in [0.15, 0.2) is 18.2 Å². The number of rotatable bonds is 8. The molecule has 0 fully saturated rings. The summed E-state index contributed by atoms with van der Waals surface area (Å²) in [7, 11) is 1.72. The van der Waals surface area contributed by atoms with E-state index in [0.29, 0.717) is 13.2 Å². The van der Waals surface area contributed by atoms with Crippen LogP contribution in [-0.4, -0.2) is 32.9 Å². The van der Waals surface area contributed by atoms with Crippen molar-refractivity contribution in [2.24, 2.45) is 0 Å². The molecule has 0 bridgehead atoms. The van der Waals surface area contributed by atoms with Gasteiger partial charge in [0.2, 0.25) is 0 Å². The normalized spacial score (nSPS) is 12.4. The molecule has 0 amide bonds. The van der Waals surface area contributed by atoms with Gasteiger partial charge in [-0.1, -0.05) is 19.1 Å². The third-order valence-electron chi connectivity index (χ3n) is 3.05. The minimum absolute atomic E-state index is 0.245. The molecule has 0 heterocycles. The summed E-state index contributed by atoms with van der Waals surface area (Å²) in [5, 5.41) is 3.42. The van der Waals surface area contributed by atoms with Gasteiger partial charge in [-0.2, -0.15) is 0 Å². The Bertz CT molecular complexity index is 352. The van der Waals surface area contributed by atoms with Gasteiger partial charge in [0.05, 0.1) is 12.6 Å². The fourth-order valence-electron chi connectivity index (χ4n) is 1.79. The van der Waals surface area contributed by atoms with Crippen LogP contribution >= 0.6 is 0 Å². The Morgan fingerprint density at radius 3 is 2.67 bits per heavy atom. The van der Waals surface area contributed by atoms with Crippen LogP contribution in [0.5, 0.6) is 5.75 Å². The highest BCUT2D eigenvalue weighted by atomic mass is 16.5. The van der Waals surface area contributed by atoms with E-state index in [-0.39, 0.29) is 6.04 Å².